The van der Waals surface area contributed by atoms with Gasteiger partial charge >= 0.3 is 5.97 Å². The Morgan fingerprint density at radius 1 is 1.39 bits per heavy atom. The second-order valence-electron chi connectivity index (χ2n) is 3.81. The third-order valence-corrected chi connectivity index (χ3v) is 3.97. The lowest BCUT2D eigenvalue weighted by Crippen LogP contribution is -2.07. The maximum absolute atomic E-state index is 11.6. The van der Waals surface area contributed by atoms with Gasteiger partial charge in [0.15, 0.2) is 0 Å². The molecule has 0 saturated carbocycles. The first kappa shape index (κ1) is 13.1. The Labute approximate surface area is 118 Å². The molecule has 0 atom stereocenters. The third-order valence-electron chi connectivity index (χ3n) is 2.30. The molecule has 3 nitrogen and oxygen atoms in total. The van der Waals surface area contributed by atoms with E-state index < -0.39 is 0 Å². The molecule has 0 aliphatic rings. The van der Waals surface area contributed by atoms with Crippen LogP contribution < -0.4 is 5.73 Å². The highest BCUT2D eigenvalue weighted by Crippen LogP contribution is 2.20. The minimum absolute atomic E-state index is 0.245. The molecule has 2 aromatic rings. The van der Waals surface area contributed by atoms with Gasteiger partial charge in [0.1, 0.15) is 6.61 Å². The number of esters is 1. The first-order chi connectivity index (χ1) is 8.63. The smallest absolute Gasteiger partial charge is 0.310 e. The summed E-state index contributed by atoms with van der Waals surface area (Å²) >= 11 is 4.91. The topological polar surface area (TPSA) is 52.3 Å². The van der Waals surface area contributed by atoms with Crippen molar-refractivity contribution in [2.45, 2.75) is 13.0 Å². The number of hydrogen-bond donors (Lipinski definition) is 1. The number of rotatable bonds is 4. The van der Waals surface area contributed by atoms with Crippen LogP contribution in [0.4, 0.5) is 5.69 Å². The van der Waals surface area contributed by atoms with Gasteiger partial charge in [-0.25, -0.2) is 0 Å². The van der Waals surface area contributed by atoms with Crippen molar-refractivity contribution in [1.82, 2.24) is 0 Å². The fraction of sp³-hybridized carbons (Fsp3) is 0.154. The van der Waals surface area contributed by atoms with E-state index in [0.717, 1.165) is 14.9 Å². The van der Waals surface area contributed by atoms with E-state index in [1.165, 1.54) is 0 Å². The molecule has 0 aliphatic carbocycles. The Bertz CT molecular complexity index is 553. The lowest BCUT2D eigenvalue weighted by Gasteiger charge is -2.04. The lowest BCUT2D eigenvalue weighted by atomic mass is 10.1. The van der Waals surface area contributed by atoms with Gasteiger partial charge in [0.25, 0.3) is 0 Å². The summed E-state index contributed by atoms with van der Waals surface area (Å²) in [6.45, 7) is 0.317. The zero-order chi connectivity index (χ0) is 13.0. The van der Waals surface area contributed by atoms with E-state index in [0.29, 0.717) is 12.3 Å². The molecular formula is C13H12BrNO2S. The fourth-order valence-electron chi connectivity index (χ4n) is 1.50. The number of ether oxygens (including phenoxy) is 1. The number of hydrogen-bond acceptors (Lipinski definition) is 4. The molecule has 2 rings (SSSR count). The normalized spacial score (nSPS) is 10.3. The van der Waals surface area contributed by atoms with Crippen LogP contribution in [0.5, 0.6) is 0 Å². The van der Waals surface area contributed by atoms with E-state index in [-0.39, 0.29) is 12.4 Å². The molecule has 0 aliphatic heterocycles. The standard InChI is InChI=1S/C13H12BrNO2S/c14-10-6-12(18-8-10)7-17-13(16)5-9-2-1-3-11(15)4-9/h1-4,6,8H,5,7,15H2. The molecule has 0 spiro atoms. The van der Waals surface area contributed by atoms with Crippen molar-refractivity contribution in [3.8, 4) is 0 Å². The number of benzene rings is 1. The largest absolute Gasteiger partial charge is 0.460 e. The SMILES string of the molecule is Nc1cccc(CC(=O)OCc2cc(Br)cs2)c1. The maximum Gasteiger partial charge on any atom is 0.310 e. The predicted molar refractivity (Wildman–Crippen MR) is 76.4 cm³/mol. The van der Waals surface area contributed by atoms with Crippen molar-refractivity contribution in [3.05, 3.63) is 50.6 Å². The highest BCUT2D eigenvalue weighted by atomic mass is 79.9. The number of nitrogens with two attached hydrogens (primary N) is 1. The molecule has 1 aromatic heterocycles. The molecule has 2 N–H and O–H groups in total. The van der Waals surface area contributed by atoms with Gasteiger partial charge in [-0.05, 0) is 39.7 Å². The summed E-state index contributed by atoms with van der Waals surface area (Å²) in [4.78, 5) is 12.7. The average molecular weight is 326 g/mol. The van der Waals surface area contributed by atoms with Gasteiger partial charge in [0.05, 0.1) is 6.42 Å². The zero-order valence-electron chi connectivity index (χ0n) is 9.56. The predicted octanol–water partition coefficient (Wildman–Crippen LogP) is 3.38. The van der Waals surface area contributed by atoms with Crippen LogP contribution in [0.3, 0.4) is 0 Å². The molecule has 0 amide bonds. The Morgan fingerprint density at radius 2 is 2.22 bits per heavy atom. The molecule has 18 heavy (non-hydrogen) atoms. The first-order valence-electron chi connectivity index (χ1n) is 5.36. The van der Waals surface area contributed by atoms with Crippen LogP contribution in [0.15, 0.2) is 40.2 Å². The van der Waals surface area contributed by atoms with E-state index in [2.05, 4.69) is 15.9 Å². The van der Waals surface area contributed by atoms with Crippen LogP contribution in [0.2, 0.25) is 0 Å². The van der Waals surface area contributed by atoms with E-state index in [4.69, 9.17) is 10.5 Å². The van der Waals surface area contributed by atoms with Crippen LogP contribution >= 0.6 is 27.3 Å². The molecule has 1 aromatic carbocycles. The number of thiophene rings is 1. The van der Waals surface area contributed by atoms with E-state index >= 15 is 0 Å². The van der Waals surface area contributed by atoms with Crippen molar-refractivity contribution < 1.29 is 9.53 Å². The number of carbonyl (C=O) groups excluding carboxylic acids is 1. The van der Waals surface area contributed by atoms with E-state index in [9.17, 15) is 4.79 Å². The van der Waals surface area contributed by atoms with Gasteiger partial charge in [0, 0.05) is 20.4 Å². The van der Waals surface area contributed by atoms with E-state index in [1.54, 1.807) is 23.5 Å². The van der Waals surface area contributed by atoms with Crippen LogP contribution in [-0.4, -0.2) is 5.97 Å². The van der Waals surface area contributed by atoms with Crippen molar-refractivity contribution in [2.75, 3.05) is 5.73 Å². The minimum Gasteiger partial charge on any atom is -0.460 e. The quantitative estimate of drug-likeness (QED) is 0.692. The average Bonchev–Trinajstić information content (AvgIpc) is 2.73. The highest BCUT2D eigenvalue weighted by molar-refractivity contribution is 9.10. The molecule has 0 radical (unpaired) electrons. The van der Waals surface area contributed by atoms with Crippen LogP contribution in [0, 0.1) is 0 Å². The summed E-state index contributed by atoms with van der Waals surface area (Å²) in [6, 6.07) is 9.20. The lowest BCUT2D eigenvalue weighted by molar-refractivity contribution is -0.144. The molecular weight excluding hydrogens is 314 g/mol. The Morgan fingerprint density at radius 3 is 2.89 bits per heavy atom. The number of carbonyl (C=O) groups is 1. The van der Waals surface area contributed by atoms with Crippen molar-refractivity contribution in [3.63, 3.8) is 0 Å². The van der Waals surface area contributed by atoms with E-state index in [1.807, 2.05) is 23.6 Å². The number of nitrogen functional groups attached to an aromatic ring is 1. The second kappa shape index (κ2) is 6.02. The van der Waals surface area contributed by atoms with Crippen molar-refractivity contribution >= 4 is 38.9 Å². The monoisotopic (exact) mass is 325 g/mol. The Balaban J connectivity index is 1.85. The minimum atomic E-state index is -0.245. The van der Waals surface area contributed by atoms with Crippen LogP contribution in [0.1, 0.15) is 10.4 Å². The van der Waals surface area contributed by atoms with Gasteiger partial charge in [-0.2, -0.15) is 0 Å². The molecule has 5 heteroatoms. The van der Waals surface area contributed by atoms with Crippen molar-refractivity contribution in [2.24, 2.45) is 0 Å². The van der Waals surface area contributed by atoms with Gasteiger partial charge in [-0.1, -0.05) is 12.1 Å². The van der Waals surface area contributed by atoms with Gasteiger partial charge in [-0.15, -0.1) is 11.3 Å². The van der Waals surface area contributed by atoms with Crippen LogP contribution in [-0.2, 0) is 22.6 Å². The second-order valence-corrected chi connectivity index (χ2v) is 5.73. The Kier molecular flexibility index (Phi) is 4.38. The summed E-state index contributed by atoms with van der Waals surface area (Å²) in [5, 5.41) is 1.96. The molecule has 0 bridgehead atoms. The zero-order valence-corrected chi connectivity index (χ0v) is 12.0. The molecule has 0 unspecified atom stereocenters. The van der Waals surface area contributed by atoms with Gasteiger partial charge < -0.3 is 10.5 Å². The maximum atomic E-state index is 11.6. The molecule has 94 valence electrons. The summed E-state index contributed by atoms with van der Waals surface area (Å²) in [5.74, 6) is -0.245. The summed E-state index contributed by atoms with van der Waals surface area (Å²) < 4.78 is 6.20. The van der Waals surface area contributed by atoms with Gasteiger partial charge in [0.2, 0.25) is 0 Å². The summed E-state index contributed by atoms with van der Waals surface area (Å²) in [7, 11) is 0. The van der Waals surface area contributed by atoms with Crippen LogP contribution in [0.25, 0.3) is 0 Å². The highest BCUT2D eigenvalue weighted by Gasteiger charge is 2.06. The molecule has 0 saturated heterocycles. The fourth-order valence-corrected chi connectivity index (χ4v) is 2.86. The first-order valence-corrected chi connectivity index (χ1v) is 7.04. The summed E-state index contributed by atoms with van der Waals surface area (Å²) in [6.07, 6.45) is 0.248. The molecule has 1 heterocycles. The van der Waals surface area contributed by atoms with Gasteiger partial charge in [-0.3, -0.25) is 4.79 Å². The number of anilines is 1. The summed E-state index contributed by atoms with van der Waals surface area (Å²) in [5.41, 5.74) is 7.17. The molecule has 0 fully saturated rings. The third kappa shape index (κ3) is 3.85. The van der Waals surface area contributed by atoms with Crippen molar-refractivity contribution in [1.29, 1.82) is 0 Å². The number of halogens is 1. The Hall–Kier alpha value is -1.33.